The van der Waals surface area contributed by atoms with Crippen molar-refractivity contribution >= 4 is 15.8 Å². The summed E-state index contributed by atoms with van der Waals surface area (Å²) in [5.74, 6) is -0.483. The maximum Gasteiger partial charge on any atom is 0.307 e. The van der Waals surface area contributed by atoms with Gasteiger partial charge in [-0.05, 0) is 44.9 Å². The van der Waals surface area contributed by atoms with E-state index in [1.807, 2.05) is 13.0 Å². The van der Waals surface area contributed by atoms with Crippen molar-refractivity contribution in [3.63, 3.8) is 0 Å². The van der Waals surface area contributed by atoms with Gasteiger partial charge in [-0.15, -0.1) is 0 Å². The van der Waals surface area contributed by atoms with Crippen LogP contribution in [0.4, 0.5) is 0 Å². The maximum absolute atomic E-state index is 12.4. The van der Waals surface area contributed by atoms with Crippen LogP contribution in [-0.2, 0) is 19.4 Å². The van der Waals surface area contributed by atoms with Gasteiger partial charge in [0.05, 0.1) is 23.2 Å². The summed E-state index contributed by atoms with van der Waals surface area (Å²) in [4.78, 5) is 11.7. The third-order valence-electron chi connectivity index (χ3n) is 2.94. The average molecular weight is 284 g/mol. The summed E-state index contributed by atoms with van der Waals surface area (Å²) in [5.41, 5.74) is 1.58. The van der Waals surface area contributed by atoms with Gasteiger partial charge >= 0.3 is 5.97 Å². The van der Waals surface area contributed by atoms with E-state index in [0.717, 1.165) is 5.56 Å². The molecule has 0 aliphatic rings. The smallest absolute Gasteiger partial charge is 0.307 e. The highest BCUT2D eigenvalue weighted by atomic mass is 32.2. The van der Waals surface area contributed by atoms with Crippen LogP contribution in [0.2, 0.25) is 0 Å². The number of esters is 1. The summed E-state index contributed by atoms with van der Waals surface area (Å²) in [7, 11) is -3.51. The van der Waals surface area contributed by atoms with E-state index in [1.165, 1.54) is 6.92 Å². The van der Waals surface area contributed by atoms with Crippen LogP contribution in [-0.4, -0.2) is 26.2 Å². The lowest BCUT2D eigenvalue weighted by molar-refractivity contribution is -0.143. The normalized spacial score (nSPS) is 13.1. The summed E-state index contributed by atoms with van der Waals surface area (Å²) >= 11 is 0. The minimum absolute atomic E-state index is 0.121. The molecule has 19 heavy (non-hydrogen) atoms. The molecule has 0 fully saturated rings. The van der Waals surface area contributed by atoms with Crippen molar-refractivity contribution in [3.8, 4) is 0 Å². The minimum atomic E-state index is -3.51. The standard InChI is InChI=1S/C14H20O4S/c1-5-18-14(15)9-12(4)19(16,17)13-8-10(2)6-7-11(13)3/h6-8,12H,5,9H2,1-4H3. The first-order valence-electron chi connectivity index (χ1n) is 6.25. The molecule has 0 aliphatic carbocycles. The zero-order valence-corrected chi connectivity index (χ0v) is 12.6. The van der Waals surface area contributed by atoms with Crippen molar-refractivity contribution in [2.75, 3.05) is 6.61 Å². The number of carbonyl (C=O) groups is 1. The molecule has 0 heterocycles. The molecule has 0 amide bonds. The molecule has 0 aromatic heterocycles. The summed E-state index contributed by atoms with van der Waals surface area (Å²) in [6, 6.07) is 5.29. The van der Waals surface area contributed by atoms with Crippen molar-refractivity contribution in [2.24, 2.45) is 0 Å². The average Bonchev–Trinajstić information content (AvgIpc) is 2.32. The molecule has 1 atom stereocenters. The molecule has 1 aromatic carbocycles. The minimum Gasteiger partial charge on any atom is -0.466 e. The highest BCUT2D eigenvalue weighted by Gasteiger charge is 2.27. The zero-order chi connectivity index (χ0) is 14.6. The summed E-state index contributed by atoms with van der Waals surface area (Å²) in [6.45, 7) is 7.09. The lowest BCUT2D eigenvalue weighted by Crippen LogP contribution is -2.23. The van der Waals surface area contributed by atoms with E-state index < -0.39 is 21.1 Å². The van der Waals surface area contributed by atoms with E-state index in [4.69, 9.17) is 4.74 Å². The largest absolute Gasteiger partial charge is 0.466 e. The van der Waals surface area contributed by atoms with Crippen LogP contribution in [0.3, 0.4) is 0 Å². The van der Waals surface area contributed by atoms with Crippen molar-refractivity contribution in [2.45, 2.75) is 44.3 Å². The molecule has 0 saturated carbocycles. The molecule has 1 rings (SSSR count). The number of sulfone groups is 1. The second-order valence-electron chi connectivity index (χ2n) is 4.63. The molecule has 1 aromatic rings. The fourth-order valence-corrected chi connectivity index (χ4v) is 3.45. The Morgan fingerprint density at radius 2 is 1.95 bits per heavy atom. The predicted octanol–water partition coefficient (Wildman–Crippen LogP) is 2.42. The SMILES string of the molecule is CCOC(=O)CC(C)S(=O)(=O)c1cc(C)ccc1C. The zero-order valence-electron chi connectivity index (χ0n) is 11.8. The van der Waals surface area contributed by atoms with Gasteiger partial charge in [-0.25, -0.2) is 8.42 Å². The first kappa shape index (κ1) is 15.7. The van der Waals surface area contributed by atoms with Crippen molar-refractivity contribution in [3.05, 3.63) is 29.3 Å². The van der Waals surface area contributed by atoms with Crippen LogP contribution in [0.25, 0.3) is 0 Å². The lowest BCUT2D eigenvalue weighted by Gasteiger charge is -2.14. The Labute approximate surface area is 114 Å². The number of hydrogen-bond acceptors (Lipinski definition) is 4. The summed E-state index contributed by atoms with van der Waals surface area (Å²) in [6.07, 6.45) is -0.121. The van der Waals surface area contributed by atoms with E-state index in [9.17, 15) is 13.2 Å². The molecule has 0 N–H and O–H groups in total. The molecular formula is C14H20O4S. The van der Waals surface area contributed by atoms with Crippen molar-refractivity contribution < 1.29 is 17.9 Å². The van der Waals surface area contributed by atoms with Gasteiger partial charge in [0.1, 0.15) is 0 Å². The molecule has 1 unspecified atom stereocenters. The monoisotopic (exact) mass is 284 g/mol. The molecule has 0 bridgehead atoms. The van der Waals surface area contributed by atoms with Crippen LogP contribution in [0.1, 0.15) is 31.4 Å². The van der Waals surface area contributed by atoms with Gasteiger partial charge in [0.2, 0.25) is 0 Å². The van der Waals surface area contributed by atoms with Crippen LogP contribution < -0.4 is 0 Å². The van der Waals surface area contributed by atoms with Crippen LogP contribution in [0.5, 0.6) is 0 Å². The van der Waals surface area contributed by atoms with Crippen LogP contribution in [0.15, 0.2) is 23.1 Å². The molecule has 4 nitrogen and oxygen atoms in total. The molecule has 106 valence electrons. The Morgan fingerprint density at radius 1 is 1.32 bits per heavy atom. The van der Waals surface area contributed by atoms with Crippen molar-refractivity contribution in [1.29, 1.82) is 0 Å². The Morgan fingerprint density at radius 3 is 2.53 bits per heavy atom. The lowest BCUT2D eigenvalue weighted by atomic mass is 10.2. The predicted molar refractivity (Wildman–Crippen MR) is 73.8 cm³/mol. The van der Waals surface area contributed by atoms with Gasteiger partial charge in [-0.1, -0.05) is 12.1 Å². The Kier molecular flexibility index (Phi) is 5.11. The van der Waals surface area contributed by atoms with Gasteiger partial charge in [0.25, 0.3) is 0 Å². The van der Waals surface area contributed by atoms with Crippen LogP contribution >= 0.6 is 0 Å². The molecule has 0 saturated heterocycles. The molecular weight excluding hydrogens is 264 g/mol. The third kappa shape index (κ3) is 3.80. The fraction of sp³-hybridized carbons (Fsp3) is 0.500. The van der Waals surface area contributed by atoms with Gasteiger partial charge < -0.3 is 4.74 Å². The van der Waals surface area contributed by atoms with Gasteiger partial charge in [-0.2, -0.15) is 0 Å². The third-order valence-corrected chi connectivity index (χ3v) is 5.22. The Balaban J connectivity index is 3.03. The second-order valence-corrected chi connectivity index (χ2v) is 6.97. The number of rotatable bonds is 5. The van der Waals surface area contributed by atoms with Crippen molar-refractivity contribution in [1.82, 2.24) is 0 Å². The number of carbonyl (C=O) groups excluding carboxylic acids is 1. The van der Waals surface area contributed by atoms with Crippen LogP contribution in [0, 0.1) is 13.8 Å². The topological polar surface area (TPSA) is 60.4 Å². The highest BCUT2D eigenvalue weighted by Crippen LogP contribution is 2.23. The fourth-order valence-electron chi connectivity index (χ4n) is 1.79. The number of aryl methyl sites for hydroxylation is 2. The summed E-state index contributed by atoms with van der Waals surface area (Å²) < 4.78 is 29.7. The number of benzene rings is 1. The second kappa shape index (κ2) is 6.19. The maximum atomic E-state index is 12.4. The summed E-state index contributed by atoms with van der Waals surface area (Å²) in [5, 5.41) is -0.785. The highest BCUT2D eigenvalue weighted by molar-refractivity contribution is 7.92. The first-order chi connectivity index (χ1) is 8.78. The van der Waals surface area contributed by atoms with Gasteiger partial charge in [-0.3, -0.25) is 4.79 Å². The Bertz CT molecular complexity index is 561. The van der Waals surface area contributed by atoms with E-state index in [-0.39, 0.29) is 13.0 Å². The molecule has 0 spiro atoms. The van der Waals surface area contributed by atoms with E-state index >= 15 is 0 Å². The number of hydrogen-bond donors (Lipinski definition) is 0. The van der Waals surface area contributed by atoms with E-state index in [0.29, 0.717) is 10.5 Å². The molecule has 0 radical (unpaired) electrons. The van der Waals surface area contributed by atoms with Gasteiger partial charge in [0, 0.05) is 0 Å². The van der Waals surface area contributed by atoms with Gasteiger partial charge in [0.15, 0.2) is 9.84 Å². The first-order valence-corrected chi connectivity index (χ1v) is 7.80. The number of ether oxygens (including phenoxy) is 1. The quantitative estimate of drug-likeness (QED) is 0.779. The molecule has 5 heteroatoms. The Hall–Kier alpha value is -1.36. The van der Waals surface area contributed by atoms with E-state index in [2.05, 4.69) is 0 Å². The van der Waals surface area contributed by atoms with E-state index in [1.54, 1.807) is 26.0 Å². The molecule has 0 aliphatic heterocycles.